The molecule has 0 aliphatic heterocycles. The summed E-state index contributed by atoms with van der Waals surface area (Å²) in [7, 11) is 2.03. The number of aromatic nitrogens is 2. The first-order chi connectivity index (χ1) is 9.37. The topological polar surface area (TPSA) is 107 Å². The van der Waals surface area contributed by atoms with E-state index in [1.54, 1.807) is 0 Å². The fraction of sp³-hybridized carbons (Fsp3) is 0.333. The predicted molar refractivity (Wildman–Crippen MR) is 73.3 cm³/mol. The Morgan fingerprint density at radius 2 is 1.85 bits per heavy atom. The van der Waals surface area contributed by atoms with Gasteiger partial charge in [-0.05, 0) is 6.42 Å². The number of aryl methyl sites for hydroxylation is 2. The van der Waals surface area contributed by atoms with Crippen LogP contribution in [0.4, 0.5) is 0 Å². The Hall–Kier alpha value is -2.40. The predicted octanol–water partition coefficient (Wildman–Crippen LogP) is 0.449. The van der Waals surface area contributed by atoms with Crippen molar-refractivity contribution in [2.45, 2.75) is 19.9 Å². The molecule has 20 heavy (non-hydrogen) atoms. The van der Waals surface area contributed by atoms with E-state index in [-0.39, 0.29) is 0 Å². The molecule has 1 aromatic heterocycles. The molecule has 1 heterocycles. The highest BCUT2D eigenvalue weighted by Gasteiger charge is 1.94. The maximum Gasteiger partial charge on any atom is 0.328 e. The Morgan fingerprint density at radius 3 is 2.10 bits per heavy atom. The number of carboxylic acid groups (broad SMARTS) is 2. The van der Waals surface area contributed by atoms with Crippen LogP contribution in [-0.2, 0) is 35.8 Å². The average molecular weight is 299 g/mol. The first-order valence-corrected chi connectivity index (χ1v) is 5.94. The number of nitrogens with zero attached hydrogens (tertiary/aromatic N) is 3. The molecule has 0 saturated carbocycles. The van der Waals surface area contributed by atoms with Crippen molar-refractivity contribution in [2.75, 3.05) is 0 Å². The molecule has 1 aromatic rings. The summed E-state index contributed by atoms with van der Waals surface area (Å²) >= 11 is 3.70. The van der Waals surface area contributed by atoms with Crippen molar-refractivity contribution >= 4 is 24.6 Å². The van der Waals surface area contributed by atoms with Crippen LogP contribution < -0.4 is 4.57 Å². The normalized spacial score (nSPS) is 8.65. The molecule has 0 spiro atoms. The van der Waals surface area contributed by atoms with Gasteiger partial charge in [0, 0.05) is 12.2 Å². The first-order valence-electron chi connectivity index (χ1n) is 5.53. The van der Waals surface area contributed by atoms with Crippen molar-refractivity contribution in [1.82, 2.24) is 4.57 Å². The highest BCUT2D eigenvalue weighted by Crippen LogP contribution is 1.85. The molecular formula is C12H17N3O4S. The van der Waals surface area contributed by atoms with Crippen molar-refractivity contribution in [3.63, 3.8) is 0 Å². The minimum Gasteiger partial charge on any atom is -0.696 e. The van der Waals surface area contributed by atoms with Crippen LogP contribution in [-0.4, -0.2) is 26.7 Å². The van der Waals surface area contributed by atoms with Crippen molar-refractivity contribution in [3.05, 3.63) is 30.9 Å². The van der Waals surface area contributed by atoms with E-state index in [0.717, 1.165) is 6.54 Å². The summed E-state index contributed by atoms with van der Waals surface area (Å²) in [5.41, 5.74) is 0. The summed E-state index contributed by atoms with van der Waals surface area (Å²) in [6, 6.07) is 0. The number of hydrogen-bond acceptors (Lipinski definition) is 4. The molecule has 0 bridgehead atoms. The smallest absolute Gasteiger partial charge is 0.328 e. The molecule has 0 radical (unpaired) electrons. The van der Waals surface area contributed by atoms with Gasteiger partial charge in [-0.2, -0.15) is 0 Å². The van der Waals surface area contributed by atoms with Gasteiger partial charge in [0.05, 0.1) is 13.6 Å². The molecule has 0 aliphatic carbocycles. The van der Waals surface area contributed by atoms with E-state index in [0.29, 0.717) is 12.2 Å². The van der Waals surface area contributed by atoms with Crippen molar-refractivity contribution in [1.29, 1.82) is 5.26 Å². The Balaban J connectivity index is 0. The Bertz CT molecular complexity index is 461. The molecule has 0 atom stereocenters. The molecule has 0 saturated heterocycles. The number of aliphatic carboxylic acids is 2. The molecule has 0 aromatic carbocycles. The van der Waals surface area contributed by atoms with Crippen molar-refractivity contribution in [3.8, 4) is 5.40 Å². The second-order valence-corrected chi connectivity index (χ2v) is 3.60. The van der Waals surface area contributed by atoms with Crippen molar-refractivity contribution < 1.29 is 24.4 Å². The minimum absolute atomic E-state index is 0.558. The van der Waals surface area contributed by atoms with Crippen LogP contribution in [0.1, 0.15) is 13.3 Å². The molecule has 7 nitrogen and oxygen atoms in total. The maximum atomic E-state index is 9.55. The standard InChI is InChI=1S/C7H13N2.C4H4O4.CHNS/c1-3-4-9-6-5-8(2)7-9;5-3(6)1-2-4(7)8;2-1-3/h5-7H,3-4H2,1-2H3;1-2H,(H,5,6)(H,7,8);3H/q+1;;/p-1/b;2-1-;. The zero-order valence-corrected chi connectivity index (χ0v) is 12.1. The van der Waals surface area contributed by atoms with Gasteiger partial charge in [0.15, 0.2) is 0 Å². The highest BCUT2D eigenvalue weighted by atomic mass is 32.1. The van der Waals surface area contributed by atoms with Gasteiger partial charge in [0.25, 0.3) is 0 Å². The second-order valence-electron chi connectivity index (χ2n) is 3.42. The third kappa shape index (κ3) is 15.6. The summed E-state index contributed by atoms with van der Waals surface area (Å²) in [5, 5.41) is 24.1. The highest BCUT2D eigenvalue weighted by molar-refractivity contribution is 7.64. The zero-order chi connectivity index (χ0) is 16.0. The fourth-order valence-corrected chi connectivity index (χ4v) is 1.03. The van der Waals surface area contributed by atoms with Crippen LogP contribution in [0.25, 0.3) is 0 Å². The summed E-state index contributed by atoms with van der Waals surface area (Å²) < 4.78 is 4.23. The van der Waals surface area contributed by atoms with E-state index in [2.05, 4.69) is 47.4 Å². The third-order valence-electron chi connectivity index (χ3n) is 1.67. The van der Waals surface area contributed by atoms with Crippen LogP contribution in [0.3, 0.4) is 0 Å². The average Bonchev–Trinajstić information content (AvgIpc) is 2.75. The molecule has 110 valence electrons. The lowest BCUT2D eigenvalue weighted by molar-refractivity contribution is -0.671. The number of hydrogen-bond donors (Lipinski definition) is 2. The van der Waals surface area contributed by atoms with Crippen LogP contribution in [0.5, 0.6) is 0 Å². The van der Waals surface area contributed by atoms with Gasteiger partial charge in [-0.3, -0.25) is 0 Å². The lowest BCUT2D eigenvalue weighted by Crippen LogP contribution is -2.23. The van der Waals surface area contributed by atoms with Gasteiger partial charge in [-0.15, -0.1) is 0 Å². The van der Waals surface area contributed by atoms with Gasteiger partial charge in [0.1, 0.15) is 12.4 Å². The van der Waals surface area contributed by atoms with Crippen LogP contribution in [0, 0.1) is 10.7 Å². The van der Waals surface area contributed by atoms with E-state index >= 15 is 0 Å². The minimum atomic E-state index is -1.26. The molecule has 1 rings (SSSR count). The zero-order valence-electron chi connectivity index (χ0n) is 11.3. The summed E-state index contributed by atoms with van der Waals surface area (Å²) in [6.07, 6.45) is 8.54. The second kappa shape index (κ2) is 13.0. The summed E-state index contributed by atoms with van der Waals surface area (Å²) in [4.78, 5) is 19.1. The molecule has 0 unspecified atom stereocenters. The van der Waals surface area contributed by atoms with Crippen molar-refractivity contribution in [2.24, 2.45) is 7.05 Å². The van der Waals surface area contributed by atoms with Crippen LogP contribution in [0.2, 0.25) is 0 Å². The van der Waals surface area contributed by atoms with Gasteiger partial charge in [-0.25, -0.2) is 24.0 Å². The molecule has 0 amide bonds. The quantitative estimate of drug-likeness (QED) is 0.362. The summed E-state index contributed by atoms with van der Waals surface area (Å²) in [5.74, 6) is -2.51. The van der Waals surface area contributed by atoms with E-state index in [1.807, 2.05) is 7.05 Å². The fourth-order valence-electron chi connectivity index (χ4n) is 1.03. The number of carbonyl (C=O) groups is 2. The van der Waals surface area contributed by atoms with E-state index < -0.39 is 11.9 Å². The Kier molecular flexibility index (Phi) is 13.0. The largest absolute Gasteiger partial charge is 0.696 e. The maximum absolute atomic E-state index is 9.55. The molecule has 0 aliphatic rings. The van der Waals surface area contributed by atoms with E-state index in [4.69, 9.17) is 15.5 Å². The molecular weight excluding hydrogens is 282 g/mol. The number of carboxylic acids is 2. The molecule has 2 N–H and O–H groups in total. The number of thiocyanates is 1. The molecule has 8 heteroatoms. The number of nitriles is 1. The number of imidazole rings is 1. The Morgan fingerprint density at radius 1 is 1.40 bits per heavy atom. The van der Waals surface area contributed by atoms with E-state index in [9.17, 15) is 9.59 Å². The number of rotatable bonds is 4. The lowest BCUT2D eigenvalue weighted by Gasteiger charge is -1.86. The summed E-state index contributed by atoms with van der Waals surface area (Å²) in [6.45, 7) is 3.31. The van der Waals surface area contributed by atoms with Gasteiger partial charge >= 0.3 is 11.9 Å². The van der Waals surface area contributed by atoms with Gasteiger partial charge in [0.2, 0.25) is 6.33 Å². The third-order valence-corrected chi connectivity index (χ3v) is 1.67. The van der Waals surface area contributed by atoms with Gasteiger partial charge < -0.3 is 22.8 Å². The molecule has 0 fully saturated rings. The lowest BCUT2D eigenvalue weighted by atomic mass is 10.5. The van der Waals surface area contributed by atoms with Gasteiger partial charge in [-0.1, -0.05) is 12.3 Å². The SMILES string of the molecule is CCCn1cc[n+](C)c1.N#C[S-].O=C(O)/C=C\C(=O)O. The Labute approximate surface area is 122 Å². The van der Waals surface area contributed by atoms with Crippen LogP contribution in [0.15, 0.2) is 30.9 Å². The van der Waals surface area contributed by atoms with E-state index in [1.165, 1.54) is 11.8 Å². The van der Waals surface area contributed by atoms with Crippen LogP contribution >= 0.6 is 0 Å². The monoisotopic (exact) mass is 299 g/mol. The first kappa shape index (κ1) is 19.9.